The third-order valence-electron chi connectivity index (χ3n) is 3.71. The summed E-state index contributed by atoms with van der Waals surface area (Å²) in [6, 6.07) is 10.4. The van der Waals surface area contributed by atoms with Crippen LogP contribution in [0.3, 0.4) is 0 Å². The van der Waals surface area contributed by atoms with Gasteiger partial charge in [0.15, 0.2) is 0 Å². The van der Waals surface area contributed by atoms with Crippen LogP contribution >= 0.6 is 0 Å². The van der Waals surface area contributed by atoms with Gasteiger partial charge in [-0.15, -0.1) is 0 Å². The molecule has 0 aliphatic carbocycles. The Morgan fingerprint density at radius 3 is 2.83 bits per heavy atom. The quantitative estimate of drug-likeness (QED) is 0.941. The zero-order valence-electron chi connectivity index (χ0n) is 12.8. The molecule has 0 atom stereocenters. The van der Waals surface area contributed by atoms with E-state index < -0.39 is 0 Å². The molecule has 0 radical (unpaired) electrons. The number of ether oxygens (including phenoxy) is 1. The summed E-state index contributed by atoms with van der Waals surface area (Å²) in [6.45, 7) is 0.650. The summed E-state index contributed by atoms with van der Waals surface area (Å²) in [7, 11) is 1.56. The number of methoxy groups -OCH3 is 1. The second-order valence-electron chi connectivity index (χ2n) is 5.20. The van der Waals surface area contributed by atoms with Crippen LogP contribution in [0.15, 0.2) is 42.6 Å². The third-order valence-corrected chi connectivity index (χ3v) is 3.71. The Hall–Kier alpha value is -2.89. The average molecular weight is 311 g/mol. The molecule has 1 aliphatic heterocycles. The van der Waals surface area contributed by atoms with E-state index in [1.807, 2.05) is 0 Å². The van der Waals surface area contributed by atoms with Crippen molar-refractivity contribution in [3.8, 4) is 5.75 Å². The van der Waals surface area contributed by atoms with Crippen molar-refractivity contribution in [1.82, 2.24) is 4.98 Å². The van der Waals surface area contributed by atoms with Gasteiger partial charge in [-0.2, -0.15) is 0 Å². The summed E-state index contributed by atoms with van der Waals surface area (Å²) in [5, 5.41) is 2.82. The highest BCUT2D eigenvalue weighted by Gasteiger charge is 2.25. The van der Waals surface area contributed by atoms with Gasteiger partial charge in [0.05, 0.1) is 18.5 Å². The molecule has 1 aromatic carbocycles. The number of carbonyl (C=O) groups excluding carboxylic acids is 2. The topological polar surface area (TPSA) is 71.5 Å². The Morgan fingerprint density at radius 1 is 1.30 bits per heavy atom. The summed E-state index contributed by atoms with van der Waals surface area (Å²) in [6.07, 6.45) is 2.91. The summed E-state index contributed by atoms with van der Waals surface area (Å²) in [4.78, 5) is 30.1. The van der Waals surface area contributed by atoms with Crippen molar-refractivity contribution < 1.29 is 14.3 Å². The zero-order chi connectivity index (χ0) is 16.2. The van der Waals surface area contributed by atoms with Gasteiger partial charge >= 0.3 is 0 Å². The number of rotatable bonds is 4. The first-order valence-electron chi connectivity index (χ1n) is 7.40. The molecule has 2 aromatic rings. The number of nitrogens with one attached hydrogen (secondary N) is 1. The average Bonchev–Trinajstić information content (AvgIpc) is 3.01. The Morgan fingerprint density at radius 2 is 2.17 bits per heavy atom. The molecule has 0 spiro atoms. The molecular formula is C17H17N3O3. The maximum Gasteiger partial charge on any atom is 0.274 e. The van der Waals surface area contributed by atoms with Crippen LogP contribution in [0.25, 0.3) is 0 Å². The van der Waals surface area contributed by atoms with Gasteiger partial charge < -0.3 is 15.0 Å². The molecule has 0 saturated carbocycles. The second kappa shape index (κ2) is 6.48. The molecule has 1 aromatic heterocycles. The number of nitrogens with zero attached hydrogens (tertiary/aromatic N) is 2. The Labute approximate surface area is 134 Å². The molecule has 6 heteroatoms. The predicted octanol–water partition coefficient (Wildman–Crippen LogP) is 2.47. The summed E-state index contributed by atoms with van der Waals surface area (Å²) in [5.41, 5.74) is 1.53. The molecule has 6 nitrogen and oxygen atoms in total. The molecule has 23 heavy (non-hydrogen) atoms. The molecule has 1 fully saturated rings. The van der Waals surface area contributed by atoms with Crippen LogP contribution in [0.1, 0.15) is 23.3 Å². The summed E-state index contributed by atoms with van der Waals surface area (Å²) in [5.74, 6) is 0.340. The fourth-order valence-corrected chi connectivity index (χ4v) is 2.56. The number of hydrogen-bond acceptors (Lipinski definition) is 4. The lowest BCUT2D eigenvalue weighted by atomic mass is 10.2. The van der Waals surface area contributed by atoms with E-state index >= 15 is 0 Å². The highest BCUT2D eigenvalue weighted by atomic mass is 16.5. The first kappa shape index (κ1) is 15.0. The minimum Gasteiger partial charge on any atom is -0.497 e. The van der Waals surface area contributed by atoms with Crippen LogP contribution in [0.5, 0.6) is 5.75 Å². The Kier molecular flexibility index (Phi) is 4.23. The van der Waals surface area contributed by atoms with Gasteiger partial charge in [0.2, 0.25) is 5.91 Å². The van der Waals surface area contributed by atoms with Gasteiger partial charge in [0.1, 0.15) is 11.4 Å². The molecule has 0 bridgehead atoms. The first-order valence-corrected chi connectivity index (χ1v) is 7.40. The minimum absolute atomic E-state index is 0.0588. The second-order valence-corrected chi connectivity index (χ2v) is 5.20. The fourth-order valence-electron chi connectivity index (χ4n) is 2.56. The van der Waals surface area contributed by atoms with Gasteiger partial charge in [-0.3, -0.25) is 14.6 Å². The van der Waals surface area contributed by atoms with Crippen LogP contribution in [-0.2, 0) is 4.79 Å². The molecule has 1 saturated heterocycles. The molecular weight excluding hydrogens is 294 g/mol. The molecule has 0 unspecified atom stereocenters. The normalized spacial score (nSPS) is 14.0. The fraction of sp³-hybridized carbons (Fsp3) is 0.235. The van der Waals surface area contributed by atoms with Gasteiger partial charge in [-0.05, 0) is 30.7 Å². The Balaban J connectivity index is 1.93. The van der Waals surface area contributed by atoms with E-state index in [0.29, 0.717) is 35.8 Å². The van der Waals surface area contributed by atoms with Crippen molar-refractivity contribution in [2.45, 2.75) is 12.8 Å². The van der Waals surface area contributed by atoms with Crippen molar-refractivity contribution in [1.29, 1.82) is 0 Å². The SMILES string of the molecule is COc1ccc(N2CCCC2=O)c(NC(=O)c2ccccn2)c1. The van der Waals surface area contributed by atoms with Gasteiger partial charge in [-0.1, -0.05) is 6.07 Å². The third kappa shape index (κ3) is 3.15. The maximum absolute atomic E-state index is 12.3. The highest BCUT2D eigenvalue weighted by Crippen LogP contribution is 2.33. The van der Waals surface area contributed by atoms with E-state index in [2.05, 4.69) is 10.3 Å². The van der Waals surface area contributed by atoms with Gasteiger partial charge in [0.25, 0.3) is 5.91 Å². The molecule has 2 amide bonds. The predicted molar refractivity (Wildman–Crippen MR) is 86.8 cm³/mol. The van der Waals surface area contributed by atoms with E-state index in [-0.39, 0.29) is 11.8 Å². The van der Waals surface area contributed by atoms with Crippen molar-refractivity contribution in [2.75, 3.05) is 23.9 Å². The lowest BCUT2D eigenvalue weighted by Crippen LogP contribution is -2.25. The van der Waals surface area contributed by atoms with Crippen LogP contribution < -0.4 is 15.0 Å². The lowest BCUT2D eigenvalue weighted by molar-refractivity contribution is -0.117. The van der Waals surface area contributed by atoms with Crippen LogP contribution in [0.2, 0.25) is 0 Å². The monoisotopic (exact) mass is 311 g/mol. The first-order chi connectivity index (χ1) is 11.2. The van der Waals surface area contributed by atoms with E-state index in [9.17, 15) is 9.59 Å². The van der Waals surface area contributed by atoms with Crippen LogP contribution in [0, 0.1) is 0 Å². The number of carbonyl (C=O) groups is 2. The van der Waals surface area contributed by atoms with E-state index in [1.54, 1.807) is 54.6 Å². The van der Waals surface area contributed by atoms with Crippen molar-refractivity contribution in [3.63, 3.8) is 0 Å². The van der Waals surface area contributed by atoms with Gasteiger partial charge in [0, 0.05) is 25.2 Å². The number of pyridine rings is 1. The van der Waals surface area contributed by atoms with Crippen molar-refractivity contribution in [3.05, 3.63) is 48.3 Å². The molecule has 3 rings (SSSR count). The largest absolute Gasteiger partial charge is 0.497 e. The van der Waals surface area contributed by atoms with E-state index in [4.69, 9.17) is 4.74 Å². The number of hydrogen-bond donors (Lipinski definition) is 1. The summed E-state index contributed by atoms with van der Waals surface area (Å²) < 4.78 is 5.22. The van der Waals surface area contributed by atoms with Crippen molar-refractivity contribution in [2.24, 2.45) is 0 Å². The zero-order valence-corrected chi connectivity index (χ0v) is 12.8. The van der Waals surface area contributed by atoms with E-state index in [1.165, 1.54) is 0 Å². The number of benzene rings is 1. The van der Waals surface area contributed by atoms with Crippen LogP contribution in [0.4, 0.5) is 11.4 Å². The standard InChI is InChI=1S/C17H17N3O3/c1-23-12-7-8-15(20-10-4-6-16(20)21)14(11-12)19-17(22)13-5-2-3-9-18-13/h2-3,5,7-9,11H,4,6,10H2,1H3,(H,19,22). The minimum atomic E-state index is -0.327. The maximum atomic E-state index is 12.3. The van der Waals surface area contributed by atoms with Crippen molar-refractivity contribution >= 4 is 23.2 Å². The molecule has 2 heterocycles. The molecule has 1 aliphatic rings. The van der Waals surface area contributed by atoms with Crippen LogP contribution in [-0.4, -0.2) is 30.5 Å². The molecule has 118 valence electrons. The smallest absolute Gasteiger partial charge is 0.274 e. The number of amides is 2. The number of aromatic nitrogens is 1. The van der Waals surface area contributed by atoms with E-state index in [0.717, 1.165) is 6.42 Å². The lowest BCUT2D eigenvalue weighted by Gasteiger charge is -2.20. The Bertz CT molecular complexity index is 731. The summed E-state index contributed by atoms with van der Waals surface area (Å²) >= 11 is 0. The highest BCUT2D eigenvalue weighted by molar-refractivity contribution is 6.07. The molecule has 1 N–H and O–H groups in total. The number of anilines is 2. The van der Waals surface area contributed by atoms with Gasteiger partial charge in [-0.25, -0.2) is 0 Å².